The minimum absolute atomic E-state index is 0.0373. The molecule has 1 heterocycles. The zero-order valence-electron chi connectivity index (χ0n) is 11.1. The van der Waals surface area contributed by atoms with Gasteiger partial charge in [-0.2, -0.15) is 0 Å². The molecule has 0 aliphatic carbocycles. The molecule has 2 aromatic rings. The van der Waals surface area contributed by atoms with Gasteiger partial charge in [0.25, 0.3) is 10.0 Å². The number of nitrogens with zero attached hydrogens (tertiary/aromatic N) is 1. The maximum Gasteiger partial charge on any atom is 0.263 e. The summed E-state index contributed by atoms with van der Waals surface area (Å²) in [7, 11) is -3.76. The highest BCUT2D eigenvalue weighted by molar-refractivity contribution is 7.92. The monoisotopic (exact) mass is 290 g/mol. The number of aromatic nitrogens is 1. The van der Waals surface area contributed by atoms with E-state index in [0.717, 1.165) is 5.56 Å². The molecule has 0 bridgehead atoms. The van der Waals surface area contributed by atoms with Crippen molar-refractivity contribution in [1.29, 1.82) is 0 Å². The molecular weight excluding hydrogens is 276 g/mol. The number of carbonyl (C=O) groups is 1. The lowest BCUT2D eigenvalue weighted by Gasteiger charge is -2.09. The van der Waals surface area contributed by atoms with Crippen molar-refractivity contribution in [3.63, 3.8) is 0 Å². The standard InChI is InChI=1S/C14H14N2O3S/c1-10-5-4-8-15-14(10)16-20(18,19)13-7-3-6-12(9-13)11(2)17/h3-9H,1-2H3,(H,15,16). The first kappa shape index (κ1) is 14.2. The summed E-state index contributed by atoms with van der Waals surface area (Å²) in [6.45, 7) is 3.15. The summed E-state index contributed by atoms with van der Waals surface area (Å²) in [6, 6.07) is 9.39. The van der Waals surface area contributed by atoms with Crippen molar-refractivity contribution in [3.8, 4) is 0 Å². The fourth-order valence-electron chi connectivity index (χ4n) is 1.66. The van der Waals surface area contributed by atoms with Crippen molar-refractivity contribution in [3.05, 3.63) is 53.7 Å². The zero-order valence-corrected chi connectivity index (χ0v) is 11.9. The molecular formula is C14H14N2O3S. The predicted molar refractivity (Wildman–Crippen MR) is 76.2 cm³/mol. The lowest BCUT2D eigenvalue weighted by Crippen LogP contribution is -2.15. The van der Waals surface area contributed by atoms with E-state index in [9.17, 15) is 13.2 Å². The molecule has 1 N–H and O–H groups in total. The van der Waals surface area contributed by atoms with E-state index in [0.29, 0.717) is 5.56 Å². The Balaban J connectivity index is 2.38. The fraction of sp³-hybridized carbons (Fsp3) is 0.143. The van der Waals surface area contributed by atoms with E-state index in [1.165, 1.54) is 31.3 Å². The summed E-state index contributed by atoms with van der Waals surface area (Å²) in [5.41, 5.74) is 1.07. The van der Waals surface area contributed by atoms with Crippen molar-refractivity contribution in [2.75, 3.05) is 4.72 Å². The summed E-state index contributed by atoms with van der Waals surface area (Å²) in [5, 5.41) is 0. The zero-order chi connectivity index (χ0) is 14.8. The van der Waals surface area contributed by atoms with Crippen LogP contribution in [0.5, 0.6) is 0 Å². The Kier molecular flexibility index (Phi) is 3.85. The highest BCUT2D eigenvalue weighted by atomic mass is 32.2. The Labute approximate surface area is 117 Å². The summed E-state index contributed by atoms with van der Waals surface area (Å²) < 4.78 is 27.0. The normalized spacial score (nSPS) is 11.1. The maximum atomic E-state index is 12.3. The summed E-state index contributed by atoms with van der Waals surface area (Å²) in [4.78, 5) is 15.3. The van der Waals surface area contributed by atoms with Crippen molar-refractivity contribution >= 4 is 21.6 Å². The number of benzene rings is 1. The minimum atomic E-state index is -3.76. The molecule has 0 unspecified atom stereocenters. The summed E-state index contributed by atoms with van der Waals surface area (Å²) in [5.74, 6) is 0.0943. The molecule has 1 aromatic heterocycles. The molecule has 1 aromatic carbocycles. The van der Waals surface area contributed by atoms with Crippen LogP contribution in [0.3, 0.4) is 0 Å². The van der Waals surface area contributed by atoms with E-state index in [-0.39, 0.29) is 16.5 Å². The second-order valence-electron chi connectivity index (χ2n) is 4.36. The van der Waals surface area contributed by atoms with E-state index in [2.05, 4.69) is 9.71 Å². The topological polar surface area (TPSA) is 76.1 Å². The number of Topliss-reactive ketones (excluding diaryl/α,β-unsaturated/α-hetero) is 1. The highest BCUT2D eigenvalue weighted by Crippen LogP contribution is 2.18. The largest absolute Gasteiger partial charge is 0.295 e. The van der Waals surface area contributed by atoms with Crippen molar-refractivity contribution in [2.24, 2.45) is 0 Å². The lowest BCUT2D eigenvalue weighted by atomic mass is 10.2. The first-order valence-electron chi connectivity index (χ1n) is 5.95. The van der Waals surface area contributed by atoms with Gasteiger partial charge in [0.2, 0.25) is 0 Å². The number of hydrogen-bond acceptors (Lipinski definition) is 4. The van der Waals surface area contributed by atoms with E-state index >= 15 is 0 Å². The first-order valence-corrected chi connectivity index (χ1v) is 7.44. The van der Waals surface area contributed by atoms with E-state index in [1.807, 2.05) is 0 Å². The number of nitrogens with one attached hydrogen (secondary N) is 1. The van der Waals surface area contributed by atoms with Gasteiger partial charge in [-0.05, 0) is 37.6 Å². The van der Waals surface area contributed by atoms with Gasteiger partial charge in [-0.3, -0.25) is 9.52 Å². The number of anilines is 1. The highest BCUT2D eigenvalue weighted by Gasteiger charge is 2.16. The van der Waals surface area contributed by atoms with Crippen molar-refractivity contribution in [2.45, 2.75) is 18.7 Å². The predicted octanol–water partition coefficient (Wildman–Crippen LogP) is 2.39. The summed E-state index contributed by atoms with van der Waals surface area (Å²) in [6.07, 6.45) is 1.51. The molecule has 0 radical (unpaired) electrons. The number of rotatable bonds is 4. The Morgan fingerprint density at radius 3 is 2.60 bits per heavy atom. The quantitative estimate of drug-likeness (QED) is 0.877. The maximum absolute atomic E-state index is 12.3. The molecule has 20 heavy (non-hydrogen) atoms. The smallest absolute Gasteiger partial charge is 0.263 e. The molecule has 2 rings (SSSR count). The van der Waals surface area contributed by atoms with Crippen LogP contribution in [-0.4, -0.2) is 19.2 Å². The third-order valence-corrected chi connectivity index (χ3v) is 4.13. The van der Waals surface area contributed by atoms with Crippen LogP contribution in [0.2, 0.25) is 0 Å². The molecule has 5 nitrogen and oxygen atoms in total. The van der Waals surface area contributed by atoms with Gasteiger partial charge in [0.1, 0.15) is 5.82 Å². The molecule has 0 spiro atoms. The Morgan fingerprint density at radius 1 is 1.20 bits per heavy atom. The average molecular weight is 290 g/mol. The molecule has 0 saturated heterocycles. The first-order chi connectivity index (χ1) is 9.40. The molecule has 0 amide bonds. The van der Waals surface area contributed by atoms with Crippen LogP contribution in [-0.2, 0) is 10.0 Å². The molecule has 0 aliphatic rings. The number of aryl methyl sites for hydroxylation is 1. The third kappa shape index (κ3) is 3.03. The molecule has 0 atom stereocenters. The van der Waals surface area contributed by atoms with Crippen molar-refractivity contribution < 1.29 is 13.2 Å². The van der Waals surface area contributed by atoms with Gasteiger partial charge in [-0.15, -0.1) is 0 Å². The fourth-order valence-corrected chi connectivity index (χ4v) is 2.79. The van der Waals surface area contributed by atoms with Crippen LogP contribution < -0.4 is 4.72 Å². The Hall–Kier alpha value is -2.21. The second kappa shape index (κ2) is 5.42. The van der Waals surface area contributed by atoms with Crippen LogP contribution in [0, 0.1) is 6.92 Å². The minimum Gasteiger partial charge on any atom is -0.295 e. The van der Waals surface area contributed by atoms with Gasteiger partial charge in [0.15, 0.2) is 5.78 Å². The van der Waals surface area contributed by atoms with Crippen molar-refractivity contribution in [1.82, 2.24) is 4.98 Å². The summed E-state index contributed by atoms with van der Waals surface area (Å²) >= 11 is 0. The van der Waals surface area contributed by atoms with E-state index in [1.54, 1.807) is 25.1 Å². The van der Waals surface area contributed by atoms with Crippen LogP contribution in [0.25, 0.3) is 0 Å². The number of ketones is 1. The number of sulfonamides is 1. The molecule has 0 fully saturated rings. The van der Waals surface area contributed by atoms with Gasteiger partial charge >= 0.3 is 0 Å². The Morgan fingerprint density at radius 2 is 1.95 bits per heavy atom. The molecule has 0 aliphatic heterocycles. The van der Waals surface area contributed by atoms with Crippen LogP contribution in [0.1, 0.15) is 22.8 Å². The van der Waals surface area contributed by atoms with Crippen LogP contribution in [0.15, 0.2) is 47.5 Å². The van der Waals surface area contributed by atoms with Gasteiger partial charge in [-0.1, -0.05) is 18.2 Å². The number of hydrogen-bond donors (Lipinski definition) is 1. The van der Waals surface area contributed by atoms with Crippen LogP contribution >= 0.6 is 0 Å². The molecule has 0 saturated carbocycles. The SMILES string of the molecule is CC(=O)c1cccc(S(=O)(=O)Nc2ncccc2C)c1. The second-order valence-corrected chi connectivity index (χ2v) is 6.04. The van der Waals surface area contributed by atoms with E-state index < -0.39 is 10.0 Å². The molecule has 6 heteroatoms. The van der Waals surface area contributed by atoms with Gasteiger partial charge in [0.05, 0.1) is 4.90 Å². The average Bonchev–Trinajstić information content (AvgIpc) is 2.41. The van der Waals surface area contributed by atoms with Gasteiger partial charge in [0, 0.05) is 11.8 Å². The van der Waals surface area contributed by atoms with Gasteiger partial charge < -0.3 is 0 Å². The van der Waals surface area contributed by atoms with E-state index in [4.69, 9.17) is 0 Å². The molecule has 104 valence electrons. The third-order valence-electron chi connectivity index (χ3n) is 2.79. The van der Waals surface area contributed by atoms with Gasteiger partial charge in [-0.25, -0.2) is 13.4 Å². The lowest BCUT2D eigenvalue weighted by molar-refractivity contribution is 0.101. The van der Waals surface area contributed by atoms with Crippen LogP contribution in [0.4, 0.5) is 5.82 Å². The number of pyridine rings is 1. The Bertz CT molecular complexity index is 755. The number of carbonyl (C=O) groups excluding carboxylic acids is 1.